The molecule has 0 heterocycles. The molecule has 0 aliphatic rings. The lowest BCUT2D eigenvalue weighted by Gasteiger charge is -2.19. The maximum Gasteiger partial charge on any atom is 0.337 e. The third kappa shape index (κ3) is 3.69. The number of rotatable bonds is 6. The molecular weight excluding hydrogens is 266 g/mol. The molecule has 1 rings (SSSR count). The summed E-state index contributed by atoms with van der Waals surface area (Å²) in [4.78, 5) is 22.2. The normalized spacial score (nSPS) is 13.6. The van der Waals surface area contributed by atoms with Gasteiger partial charge in [0.15, 0.2) is 0 Å². The van der Waals surface area contributed by atoms with Crippen LogP contribution < -0.4 is 5.73 Å². The van der Waals surface area contributed by atoms with Crippen LogP contribution in [0.5, 0.6) is 0 Å². The predicted molar refractivity (Wildman–Crippen MR) is 70.0 cm³/mol. The number of anilines is 1. The smallest absolute Gasteiger partial charge is 0.337 e. The van der Waals surface area contributed by atoms with Gasteiger partial charge in [-0.2, -0.15) is 0 Å². The Morgan fingerprint density at radius 3 is 2.55 bits per heavy atom. The van der Waals surface area contributed by atoms with Gasteiger partial charge in [0.25, 0.3) is 0 Å². The summed E-state index contributed by atoms with van der Waals surface area (Å²) in [6.45, 7) is 1.79. The van der Waals surface area contributed by atoms with Crippen LogP contribution in [0.1, 0.15) is 35.4 Å². The molecule has 20 heavy (non-hydrogen) atoms. The molecule has 1 aromatic carbocycles. The Kier molecular flexibility index (Phi) is 5.48. The van der Waals surface area contributed by atoms with Crippen LogP contribution >= 0.6 is 0 Å². The molecule has 0 radical (unpaired) electrons. The van der Waals surface area contributed by atoms with E-state index in [1.807, 2.05) is 0 Å². The Labute approximate surface area is 115 Å². The standard InChI is InChI=1S/C13H17NO6/c1-2-20-10(16)6-9(15)12(17)7-4-3-5-8(11(7)14)13(18)19/h3-5,9,12,15,17H,2,6,14H2,1H3,(H,18,19). The topological polar surface area (TPSA) is 130 Å². The summed E-state index contributed by atoms with van der Waals surface area (Å²) < 4.78 is 4.66. The fourth-order valence-electron chi connectivity index (χ4n) is 1.74. The number of benzene rings is 1. The van der Waals surface area contributed by atoms with E-state index >= 15 is 0 Å². The lowest BCUT2D eigenvalue weighted by molar-refractivity contribution is -0.147. The molecular formula is C13H17NO6. The first-order valence-corrected chi connectivity index (χ1v) is 6.01. The molecule has 2 atom stereocenters. The molecule has 0 spiro atoms. The molecule has 0 aliphatic carbocycles. The zero-order valence-electron chi connectivity index (χ0n) is 10.9. The Balaban J connectivity index is 2.91. The summed E-state index contributed by atoms with van der Waals surface area (Å²) in [5.41, 5.74) is 5.38. The summed E-state index contributed by atoms with van der Waals surface area (Å²) in [7, 11) is 0. The number of aromatic carboxylic acids is 1. The van der Waals surface area contributed by atoms with Gasteiger partial charge in [-0.15, -0.1) is 0 Å². The molecule has 7 heteroatoms. The number of ether oxygens (including phenoxy) is 1. The van der Waals surface area contributed by atoms with E-state index in [2.05, 4.69) is 4.74 Å². The van der Waals surface area contributed by atoms with Crippen molar-refractivity contribution in [1.82, 2.24) is 0 Å². The first kappa shape index (κ1) is 15.9. The van der Waals surface area contributed by atoms with E-state index in [9.17, 15) is 19.8 Å². The average molecular weight is 283 g/mol. The summed E-state index contributed by atoms with van der Waals surface area (Å²) in [6.07, 6.45) is -3.31. The van der Waals surface area contributed by atoms with Crippen LogP contribution in [-0.4, -0.2) is 40.0 Å². The summed E-state index contributed by atoms with van der Waals surface area (Å²) in [5.74, 6) is -1.90. The van der Waals surface area contributed by atoms with Gasteiger partial charge in [0, 0.05) is 5.56 Å². The zero-order valence-corrected chi connectivity index (χ0v) is 10.9. The molecule has 5 N–H and O–H groups in total. The number of nitrogen functional groups attached to an aromatic ring is 1. The van der Waals surface area contributed by atoms with E-state index in [0.717, 1.165) is 0 Å². The Morgan fingerprint density at radius 2 is 2.00 bits per heavy atom. The first-order valence-electron chi connectivity index (χ1n) is 6.01. The summed E-state index contributed by atoms with van der Waals surface area (Å²) in [5, 5.41) is 28.7. The number of aliphatic hydroxyl groups is 2. The van der Waals surface area contributed by atoms with Crippen molar-refractivity contribution in [3.05, 3.63) is 29.3 Å². The Hall–Kier alpha value is -2.12. The van der Waals surface area contributed by atoms with Gasteiger partial charge in [0.1, 0.15) is 6.10 Å². The number of carboxylic acid groups (broad SMARTS) is 1. The average Bonchev–Trinajstić information content (AvgIpc) is 2.38. The predicted octanol–water partition coefficient (Wildman–Crippen LogP) is 0.315. The molecule has 0 saturated carbocycles. The fourth-order valence-corrected chi connectivity index (χ4v) is 1.74. The number of aliphatic hydroxyl groups excluding tert-OH is 2. The number of esters is 1. The molecule has 0 aliphatic heterocycles. The van der Waals surface area contributed by atoms with Crippen LogP contribution in [0.2, 0.25) is 0 Å². The second-order valence-electron chi connectivity index (χ2n) is 4.13. The highest BCUT2D eigenvalue weighted by Gasteiger charge is 2.25. The van der Waals surface area contributed by atoms with Crippen LogP contribution in [0.15, 0.2) is 18.2 Å². The van der Waals surface area contributed by atoms with Crippen LogP contribution in [0.4, 0.5) is 5.69 Å². The van der Waals surface area contributed by atoms with Crippen molar-refractivity contribution in [1.29, 1.82) is 0 Å². The lowest BCUT2D eigenvalue weighted by atomic mass is 9.98. The molecule has 0 saturated heterocycles. The molecule has 0 amide bonds. The minimum Gasteiger partial charge on any atom is -0.478 e. The van der Waals surface area contributed by atoms with Gasteiger partial charge in [0.2, 0.25) is 0 Å². The highest BCUT2D eigenvalue weighted by Crippen LogP contribution is 2.27. The van der Waals surface area contributed by atoms with Gasteiger partial charge in [-0.3, -0.25) is 4.79 Å². The third-order valence-electron chi connectivity index (χ3n) is 2.73. The van der Waals surface area contributed by atoms with Crippen LogP contribution in [-0.2, 0) is 9.53 Å². The molecule has 2 unspecified atom stereocenters. The van der Waals surface area contributed by atoms with E-state index < -0.39 is 30.6 Å². The van der Waals surface area contributed by atoms with Crippen molar-refractivity contribution < 1.29 is 29.6 Å². The van der Waals surface area contributed by atoms with Crippen LogP contribution in [0.25, 0.3) is 0 Å². The largest absolute Gasteiger partial charge is 0.478 e. The minimum absolute atomic E-state index is 0.0571. The van der Waals surface area contributed by atoms with Crippen molar-refractivity contribution in [3.8, 4) is 0 Å². The first-order chi connectivity index (χ1) is 9.38. The highest BCUT2D eigenvalue weighted by atomic mass is 16.5. The van der Waals surface area contributed by atoms with E-state index in [-0.39, 0.29) is 23.4 Å². The number of carbonyl (C=O) groups excluding carboxylic acids is 1. The van der Waals surface area contributed by atoms with Gasteiger partial charge in [-0.1, -0.05) is 12.1 Å². The quantitative estimate of drug-likeness (QED) is 0.436. The molecule has 1 aromatic rings. The van der Waals surface area contributed by atoms with Gasteiger partial charge in [-0.25, -0.2) is 4.79 Å². The molecule has 110 valence electrons. The van der Waals surface area contributed by atoms with E-state index in [4.69, 9.17) is 10.8 Å². The monoisotopic (exact) mass is 283 g/mol. The Morgan fingerprint density at radius 1 is 1.35 bits per heavy atom. The maximum absolute atomic E-state index is 11.2. The number of hydrogen-bond donors (Lipinski definition) is 4. The van der Waals surface area contributed by atoms with Crippen molar-refractivity contribution >= 4 is 17.6 Å². The van der Waals surface area contributed by atoms with Crippen molar-refractivity contribution in [2.24, 2.45) is 0 Å². The highest BCUT2D eigenvalue weighted by molar-refractivity contribution is 5.94. The minimum atomic E-state index is -1.47. The molecule has 0 bridgehead atoms. The number of hydrogen-bond acceptors (Lipinski definition) is 6. The van der Waals surface area contributed by atoms with Gasteiger partial charge in [0.05, 0.1) is 30.4 Å². The van der Waals surface area contributed by atoms with Gasteiger partial charge >= 0.3 is 11.9 Å². The molecule has 0 fully saturated rings. The number of carbonyl (C=O) groups is 2. The number of carboxylic acids is 1. The van der Waals surface area contributed by atoms with E-state index in [0.29, 0.717) is 0 Å². The zero-order chi connectivity index (χ0) is 15.3. The van der Waals surface area contributed by atoms with E-state index in [1.165, 1.54) is 18.2 Å². The lowest BCUT2D eigenvalue weighted by Crippen LogP contribution is -2.24. The number of nitrogens with two attached hydrogens (primary N) is 1. The second kappa shape index (κ2) is 6.88. The maximum atomic E-state index is 11.2. The summed E-state index contributed by atoms with van der Waals surface area (Å²) in [6, 6.07) is 4.07. The SMILES string of the molecule is CCOC(=O)CC(O)C(O)c1cccc(C(=O)O)c1N. The molecule has 0 aromatic heterocycles. The fraction of sp³-hybridized carbons (Fsp3) is 0.385. The van der Waals surface area contributed by atoms with Crippen molar-refractivity contribution in [3.63, 3.8) is 0 Å². The summed E-state index contributed by atoms with van der Waals surface area (Å²) >= 11 is 0. The van der Waals surface area contributed by atoms with Gasteiger partial charge < -0.3 is 25.8 Å². The molecule has 7 nitrogen and oxygen atoms in total. The van der Waals surface area contributed by atoms with Gasteiger partial charge in [-0.05, 0) is 13.0 Å². The Bertz CT molecular complexity index is 502. The van der Waals surface area contributed by atoms with Crippen LogP contribution in [0, 0.1) is 0 Å². The third-order valence-corrected chi connectivity index (χ3v) is 2.73. The van der Waals surface area contributed by atoms with Crippen molar-refractivity contribution in [2.75, 3.05) is 12.3 Å². The van der Waals surface area contributed by atoms with Crippen LogP contribution in [0.3, 0.4) is 0 Å². The van der Waals surface area contributed by atoms with E-state index in [1.54, 1.807) is 6.92 Å². The number of para-hydroxylation sites is 1. The van der Waals surface area contributed by atoms with Crippen molar-refractivity contribution in [2.45, 2.75) is 25.6 Å². The second-order valence-corrected chi connectivity index (χ2v) is 4.13.